The molecule has 108 valence electrons. The quantitative estimate of drug-likeness (QED) is 0.829. The number of hydrogen-bond donors (Lipinski definition) is 1. The summed E-state index contributed by atoms with van der Waals surface area (Å²) in [6.07, 6.45) is 0. The Morgan fingerprint density at radius 3 is 2.63 bits per heavy atom. The highest BCUT2D eigenvalue weighted by Gasteiger charge is 2.23. The predicted octanol–water partition coefficient (Wildman–Crippen LogP) is 1.76. The van der Waals surface area contributed by atoms with Crippen LogP contribution in [0.25, 0.3) is 0 Å². The van der Waals surface area contributed by atoms with Gasteiger partial charge in [-0.2, -0.15) is 0 Å². The molecule has 0 fully saturated rings. The summed E-state index contributed by atoms with van der Waals surface area (Å²) in [5.41, 5.74) is 6.47. The van der Waals surface area contributed by atoms with Crippen LogP contribution in [0.1, 0.15) is 21.5 Å². The second kappa shape index (κ2) is 7.47. The van der Waals surface area contributed by atoms with E-state index in [4.69, 9.17) is 15.2 Å². The van der Waals surface area contributed by atoms with Crippen molar-refractivity contribution >= 4 is 22.9 Å². The van der Waals surface area contributed by atoms with E-state index in [-0.39, 0.29) is 11.9 Å². The molecule has 0 radical (unpaired) electrons. The smallest absolute Gasteiger partial charge is 0.264 e. The van der Waals surface area contributed by atoms with E-state index >= 15 is 0 Å². The first-order chi connectivity index (χ1) is 9.01. The van der Waals surface area contributed by atoms with Crippen molar-refractivity contribution in [1.29, 1.82) is 0 Å². The largest absolute Gasteiger partial charge is 0.398 e. The number of nitrogens with zero attached hydrogens (tertiary/aromatic N) is 1. The van der Waals surface area contributed by atoms with E-state index in [0.717, 1.165) is 4.88 Å². The van der Waals surface area contributed by atoms with E-state index in [2.05, 4.69) is 0 Å². The normalized spacial score (nSPS) is 12.4. The van der Waals surface area contributed by atoms with E-state index in [1.54, 1.807) is 25.2 Å². The molecule has 0 spiro atoms. The van der Waals surface area contributed by atoms with Gasteiger partial charge in [0.15, 0.2) is 0 Å². The fourth-order valence-electron chi connectivity index (χ4n) is 1.79. The van der Waals surface area contributed by atoms with Crippen LogP contribution in [0, 0.1) is 6.92 Å². The van der Waals surface area contributed by atoms with Gasteiger partial charge in [-0.15, -0.1) is 11.3 Å². The highest BCUT2D eigenvalue weighted by atomic mass is 32.1. The molecule has 1 atom stereocenters. The van der Waals surface area contributed by atoms with Crippen molar-refractivity contribution in [2.75, 3.05) is 39.7 Å². The number of ether oxygens (including phenoxy) is 2. The number of thiophene rings is 1. The molecule has 0 saturated carbocycles. The fraction of sp³-hybridized carbons (Fsp3) is 0.615. The zero-order valence-electron chi connectivity index (χ0n) is 11.9. The molecule has 1 rings (SSSR count). The van der Waals surface area contributed by atoms with Gasteiger partial charge in [0, 0.05) is 31.3 Å². The Kier molecular flexibility index (Phi) is 6.27. The van der Waals surface area contributed by atoms with Gasteiger partial charge in [0.05, 0.1) is 24.1 Å². The molecule has 6 heteroatoms. The van der Waals surface area contributed by atoms with Gasteiger partial charge in [0.1, 0.15) is 0 Å². The molecule has 1 unspecified atom stereocenters. The van der Waals surface area contributed by atoms with Crippen LogP contribution in [-0.2, 0) is 9.47 Å². The van der Waals surface area contributed by atoms with Crippen LogP contribution in [0.5, 0.6) is 0 Å². The lowest BCUT2D eigenvalue weighted by Crippen LogP contribution is -2.42. The van der Waals surface area contributed by atoms with Crippen LogP contribution in [0.15, 0.2) is 6.07 Å². The van der Waals surface area contributed by atoms with Crippen molar-refractivity contribution in [2.45, 2.75) is 19.9 Å². The maximum absolute atomic E-state index is 12.5. The number of aryl methyl sites for hydroxylation is 1. The third-order valence-electron chi connectivity index (χ3n) is 2.90. The lowest BCUT2D eigenvalue weighted by atomic mass is 10.2. The summed E-state index contributed by atoms with van der Waals surface area (Å²) in [6, 6.07) is 1.73. The van der Waals surface area contributed by atoms with Gasteiger partial charge in [0.2, 0.25) is 0 Å². The van der Waals surface area contributed by atoms with Gasteiger partial charge in [-0.25, -0.2) is 0 Å². The Morgan fingerprint density at radius 2 is 2.16 bits per heavy atom. The second-order valence-electron chi connectivity index (χ2n) is 4.42. The number of nitrogen functional groups attached to an aromatic ring is 1. The Bertz CT molecular complexity index is 401. The van der Waals surface area contributed by atoms with Gasteiger partial charge < -0.3 is 20.1 Å². The second-order valence-corrected chi connectivity index (χ2v) is 5.67. The lowest BCUT2D eigenvalue weighted by Gasteiger charge is -2.28. The highest BCUT2D eigenvalue weighted by Crippen LogP contribution is 2.25. The first kappa shape index (κ1) is 15.9. The van der Waals surface area contributed by atoms with E-state index < -0.39 is 0 Å². The van der Waals surface area contributed by atoms with Gasteiger partial charge >= 0.3 is 0 Å². The molecule has 0 aliphatic heterocycles. The minimum absolute atomic E-state index is 0.00344. The topological polar surface area (TPSA) is 64.8 Å². The minimum Gasteiger partial charge on any atom is -0.398 e. The molecule has 0 bridgehead atoms. The fourth-order valence-corrected chi connectivity index (χ4v) is 2.68. The summed E-state index contributed by atoms with van der Waals surface area (Å²) < 4.78 is 10.2. The zero-order chi connectivity index (χ0) is 14.4. The van der Waals surface area contributed by atoms with Crippen molar-refractivity contribution < 1.29 is 14.3 Å². The summed E-state index contributed by atoms with van der Waals surface area (Å²) in [7, 11) is 3.25. The zero-order valence-corrected chi connectivity index (χ0v) is 12.8. The number of methoxy groups -OCH3 is 2. The number of rotatable bonds is 7. The third-order valence-corrected chi connectivity index (χ3v) is 3.96. The number of amides is 1. The molecule has 19 heavy (non-hydrogen) atoms. The number of carbonyl (C=O) groups excluding carboxylic acids is 1. The lowest BCUT2D eigenvalue weighted by molar-refractivity contribution is 0.0484. The van der Waals surface area contributed by atoms with Crippen LogP contribution in [0.4, 0.5) is 5.69 Å². The average molecular weight is 286 g/mol. The summed E-state index contributed by atoms with van der Waals surface area (Å²) in [4.78, 5) is 15.9. The van der Waals surface area contributed by atoms with Crippen molar-refractivity contribution in [2.24, 2.45) is 0 Å². The van der Waals surface area contributed by atoms with Gasteiger partial charge in [0.25, 0.3) is 5.91 Å². The van der Waals surface area contributed by atoms with E-state index in [1.807, 2.05) is 13.8 Å². The Hall–Kier alpha value is -1.11. The maximum atomic E-state index is 12.5. The van der Waals surface area contributed by atoms with E-state index in [0.29, 0.717) is 30.3 Å². The van der Waals surface area contributed by atoms with Crippen LogP contribution in [0.2, 0.25) is 0 Å². The van der Waals surface area contributed by atoms with Gasteiger partial charge in [-0.05, 0) is 19.9 Å². The van der Waals surface area contributed by atoms with Crippen molar-refractivity contribution in [3.8, 4) is 0 Å². The van der Waals surface area contributed by atoms with E-state index in [9.17, 15) is 4.79 Å². The van der Waals surface area contributed by atoms with Gasteiger partial charge in [-0.3, -0.25) is 4.79 Å². The van der Waals surface area contributed by atoms with Crippen molar-refractivity contribution in [3.63, 3.8) is 0 Å². The maximum Gasteiger partial charge on any atom is 0.264 e. The molecule has 0 aromatic carbocycles. The van der Waals surface area contributed by atoms with Crippen LogP contribution < -0.4 is 5.73 Å². The molecule has 2 N–H and O–H groups in total. The molecule has 1 heterocycles. The molecule has 1 aromatic heterocycles. The molecule has 1 amide bonds. The third kappa shape index (κ3) is 4.19. The summed E-state index contributed by atoms with van der Waals surface area (Å²) in [6.45, 7) is 5.40. The molecule has 0 aliphatic rings. The highest BCUT2D eigenvalue weighted by molar-refractivity contribution is 7.14. The van der Waals surface area contributed by atoms with Crippen molar-refractivity contribution in [3.05, 3.63) is 15.8 Å². The SMILES string of the molecule is COCCN(C(=O)c1cc(N)c(C)s1)C(C)COC. The number of carbonyl (C=O) groups is 1. The monoisotopic (exact) mass is 286 g/mol. The molecule has 5 nitrogen and oxygen atoms in total. The molecule has 1 aromatic rings. The average Bonchev–Trinajstić information content (AvgIpc) is 2.70. The van der Waals surface area contributed by atoms with Crippen molar-refractivity contribution in [1.82, 2.24) is 4.90 Å². The van der Waals surface area contributed by atoms with Crippen LogP contribution in [-0.4, -0.2) is 50.8 Å². The minimum atomic E-state index is -0.0219. The Balaban J connectivity index is 2.86. The first-order valence-corrected chi connectivity index (χ1v) is 6.97. The summed E-state index contributed by atoms with van der Waals surface area (Å²) >= 11 is 1.42. The Morgan fingerprint density at radius 1 is 1.47 bits per heavy atom. The van der Waals surface area contributed by atoms with Crippen LogP contribution in [0.3, 0.4) is 0 Å². The standard InChI is InChI=1S/C13H22N2O3S/c1-9(8-18-4)15(5-6-17-3)13(16)12-7-11(14)10(2)19-12/h7,9H,5-6,8,14H2,1-4H3. The summed E-state index contributed by atoms with van der Waals surface area (Å²) in [5, 5.41) is 0. The molecule has 0 saturated heterocycles. The molecular weight excluding hydrogens is 264 g/mol. The number of nitrogens with two attached hydrogens (primary N) is 1. The van der Waals surface area contributed by atoms with Gasteiger partial charge in [-0.1, -0.05) is 0 Å². The molecular formula is C13H22N2O3S. The number of hydrogen-bond acceptors (Lipinski definition) is 5. The predicted molar refractivity (Wildman–Crippen MR) is 77.7 cm³/mol. The summed E-state index contributed by atoms with van der Waals surface area (Å²) in [5.74, 6) is -0.0219. The van der Waals surface area contributed by atoms with E-state index in [1.165, 1.54) is 11.3 Å². The Labute approximate surface area is 118 Å². The first-order valence-electron chi connectivity index (χ1n) is 6.16. The van der Waals surface area contributed by atoms with Crippen LogP contribution >= 0.6 is 11.3 Å². The number of anilines is 1. The molecule has 0 aliphatic carbocycles.